The van der Waals surface area contributed by atoms with Crippen LogP contribution in [-0.2, 0) is 62.4 Å². The van der Waals surface area contributed by atoms with Crippen LogP contribution < -0.4 is 65.8 Å². The molecule has 35 nitrogen and oxygen atoms in total. The molecule has 1 aromatic carbocycles. The van der Waals surface area contributed by atoms with Gasteiger partial charge in [0.2, 0.25) is 35.4 Å². The molecule has 111 heavy (non-hydrogen) atoms. The number of rotatable bonds is 22. The van der Waals surface area contributed by atoms with E-state index in [1.807, 2.05) is 20.8 Å². The first-order valence-electron chi connectivity index (χ1n) is 33.6. The molecule has 44 heteroatoms. The number of aliphatic hydroxyl groups excluding tert-OH is 4. The van der Waals surface area contributed by atoms with Gasteiger partial charge in [-0.2, -0.15) is 8.42 Å². The molecule has 11 aliphatic rings. The molecule has 0 spiro atoms. The zero-order valence-corrected chi connectivity index (χ0v) is 70.5. The topological polar surface area (TPSA) is 539 Å². The number of nitrogens with zero attached hydrogens (tertiary/aromatic N) is 5. The molecule has 16 N–H and O–H groups in total. The number of amides is 6. The van der Waals surface area contributed by atoms with E-state index >= 15 is 0 Å². The number of β-lactam (4-membered cyclic amide) rings is 4. The van der Waals surface area contributed by atoms with E-state index in [0.717, 1.165) is 0 Å². The van der Waals surface area contributed by atoms with Gasteiger partial charge < -0.3 is 95.9 Å². The van der Waals surface area contributed by atoms with Gasteiger partial charge in [-0.25, -0.2) is 28.8 Å². The molecule has 0 unspecified atom stereocenters. The number of halogens is 1. The molecule has 6 amide bonds. The quantitative estimate of drug-likeness (QED) is 0.0245. The Kier molecular flexibility index (Phi) is 39.7. The number of aromatic carboxylic acids is 1. The second kappa shape index (κ2) is 42.1. The Bertz CT molecular complexity index is 3990. The van der Waals surface area contributed by atoms with E-state index in [4.69, 9.17) is 14.9 Å². The first kappa shape index (κ1) is 105. The maximum atomic E-state index is 12.7. The molecule has 1 aromatic rings. The number of aliphatic hydroxyl groups is 4. The minimum absolute atomic E-state index is 0. The van der Waals surface area contributed by atoms with E-state index < -0.39 is 96.0 Å². The molecule has 0 bridgehead atoms. The monoisotopic (exact) mass is 1830 g/mol. The van der Waals surface area contributed by atoms with Crippen molar-refractivity contribution in [1.29, 1.82) is 0 Å². The van der Waals surface area contributed by atoms with Gasteiger partial charge in [0.15, 0.2) is 0 Å². The summed E-state index contributed by atoms with van der Waals surface area (Å²) in [7, 11) is -4.98. The van der Waals surface area contributed by atoms with Crippen LogP contribution in [0.2, 0.25) is 0 Å². The van der Waals surface area contributed by atoms with Crippen molar-refractivity contribution in [3.05, 3.63) is 73.1 Å². The number of phosphoric acid groups is 1. The van der Waals surface area contributed by atoms with Gasteiger partial charge >= 0.3 is 55.3 Å². The van der Waals surface area contributed by atoms with Crippen molar-refractivity contribution >= 4 is 142 Å². The van der Waals surface area contributed by atoms with E-state index in [-0.39, 0.29) is 297 Å². The van der Waals surface area contributed by atoms with Crippen molar-refractivity contribution in [2.45, 2.75) is 186 Å². The molecule has 22 atom stereocenters. The molecule has 11 aliphatic heterocycles. The fraction of sp³-hybridized carbons (Fsp3) is 0.642. The number of hydrogen-bond donors (Lipinski definition) is 15. The number of likely N-dealkylation sites (N-methyl/N-ethyl adjacent to an activating group) is 1. The summed E-state index contributed by atoms with van der Waals surface area (Å²) < 4.78 is 39.8. The Labute approximate surface area is 757 Å². The van der Waals surface area contributed by atoms with Crippen molar-refractivity contribution < 1.29 is 221 Å². The SMILES string of the molecule is C.C.C.CC1=C(OP(=O)(O)O)[C@H](C)[C@@H]2[C@@H]([C@@H](C)O)C(=O)N12.C[C@@H](O)[C@H]1C(=O)N2C(C(=O)O)=C(S[C@@H]3CN[C@H](C(=O)N(C)C)C3)[C@H](C)[C@H]12.C[C@@H](O)[C@H]1C(=O)N2C(C(=O)O)=C(S[C@@H]3CN[C@H](C(=O)Nc4cccc(C(=O)[O-])c4)C3)[C@H](C)[C@H]12.C[C@@H](O)[C@H]1C(=O)N2C(C(=O)O)=C(S[C@@H]3CN[C@H](CNS(N)(=O)=O)C3)[C@H](C)[C@H]12.I.[Ar].[Ar].[Na+]. The van der Waals surface area contributed by atoms with Gasteiger partial charge in [0.05, 0.1) is 96.0 Å². The third-order valence-corrected chi connectivity index (χ3v) is 26.2. The van der Waals surface area contributed by atoms with E-state index in [1.54, 1.807) is 52.8 Å². The predicted molar refractivity (Wildman–Crippen MR) is 408 cm³/mol. The number of allylic oxidation sites excluding steroid dienone is 1. The zero-order valence-electron chi connectivity index (χ0n) is 60.6. The third kappa shape index (κ3) is 22.0. The first-order chi connectivity index (χ1) is 48.4. The number of carboxylic acid groups (broad SMARTS) is 4. The largest absolute Gasteiger partial charge is 1.00 e. The molecule has 0 aromatic heterocycles. The molecule has 7 fully saturated rings. The number of fused-ring (bicyclic) bond motifs is 4. The second-order valence-electron chi connectivity index (χ2n) is 28.0. The Morgan fingerprint density at radius 2 is 0.982 bits per heavy atom. The molecule has 0 saturated carbocycles. The minimum atomic E-state index is -4.64. The van der Waals surface area contributed by atoms with Crippen LogP contribution in [0.4, 0.5) is 5.69 Å². The Morgan fingerprint density at radius 3 is 1.33 bits per heavy atom. The number of benzene rings is 1. The van der Waals surface area contributed by atoms with E-state index in [0.29, 0.717) is 65.0 Å². The summed E-state index contributed by atoms with van der Waals surface area (Å²) in [5.41, 5.74) is 0.719. The van der Waals surface area contributed by atoms with Crippen LogP contribution in [0.15, 0.2) is 67.5 Å². The standard InChI is InChI=1S/C22H25N3O7S.C17H25N3O5S.C15H24N4O6S2.C10H16NO6P.3CH4.2Ar.HI.Na/c1-9-16-15(10(2)26)20(28)25(16)17(22(31)32)18(9)33-13-7-14(23-8-13)19(27)24-12-5-3-4-11(6-12)21(29)30;1-7-12-11(8(2)21)16(23)20(12)13(17(24)25)14(7)26-9-5-10(18-6-9)15(22)19(3)4;1-6-11-10(7(2)20)14(21)19(11)12(15(22)23)13(6)26-9-3-8(17-5-9)4-18-27(16,24)25;1-4-8-7(6(3)12)10(13)11(8)5(2)9(4)17-18(14,15)16;;;;;;;/h3-6,9-10,13-16,23,26H,7-8H2,1-2H3,(H,24,27)(H,29,30)(H,31,32);7-12,18,21H,5-6H2,1-4H3,(H,24,25);6-11,17-18,20H,3-5H2,1-2H3,(H,22,23)(H2,16,24,25);4,6-8,12H,1-3H3,(H2,14,15,16);3*1H4;;;1H;/q;;;;;;;;;;+1/p-1/t9-,10-,13+,14+,15-,16-;7-,8-,9+,10+,11-,12-;6-,7-,8+,9+,10-,11-;4-,6-,7-,8-;;;;;;;/m1111......./s1. The van der Waals surface area contributed by atoms with Gasteiger partial charge in [-0.3, -0.25) is 38.6 Å². The summed E-state index contributed by atoms with van der Waals surface area (Å²) >= 11 is 4.21. The number of nitrogens with two attached hydrogens (primary N) is 1. The average molecular weight is 1830 g/mol. The summed E-state index contributed by atoms with van der Waals surface area (Å²) in [6.07, 6.45) is -1.61. The molecule has 0 aliphatic carbocycles. The Hall–Kier alpha value is -2.28. The molecular formula is C67H102Ar2IN11NaO24PS4. The number of phosphoric ester groups is 1. The predicted octanol–water partition coefficient (Wildman–Crippen LogP) is -2.59. The fourth-order valence-electron chi connectivity index (χ4n) is 15.9. The smallest absolute Gasteiger partial charge is 0.545 e. The summed E-state index contributed by atoms with van der Waals surface area (Å²) in [5.74, 6) is -9.46. The Morgan fingerprint density at radius 1 is 0.631 bits per heavy atom. The van der Waals surface area contributed by atoms with Crippen molar-refractivity contribution in [3.63, 3.8) is 0 Å². The summed E-state index contributed by atoms with van der Waals surface area (Å²) in [6, 6.07) is 3.58. The second-order valence-corrected chi connectivity index (χ2v) is 34.6. The summed E-state index contributed by atoms with van der Waals surface area (Å²) in [4.78, 5) is 147. The average Bonchev–Trinajstić information content (AvgIpc) is 1.58. The van der Waals surface area contributed by atoms with Gasteiger partial charge in [0.1, 0.15) is 22.9 Å². The van der Waals surface area contributed by atoms with Gasteiger partial charge in [-0.1, -0.05) is 62.1 Å². The number of hydrogen-bond acceptors (Lipinski definition) is 25. The van der Waals surface area contributed by atoms with Crippen LogP contribution in [0.25, 0.3) is 0 Å². The third-order valence-electron chi connectivity index (χ3n) is 20.7. The van der Waals surface area contributed by atoms with Gasteiger partial charge in [-0.05, 0) is 71.6 Å². The molecule has 0 radical (unpaired) electrons. The van der Waals surface area contributed by atoms with E-state index in [2.05, 4.69) is 30.5 Å². The molecule has 7 saturated heterocycles. The van der Waals surface area contributed by atoms with Crippen LogP contribution in [0.3, 0.4) is 0 Å². The first-order valence-corrected chi connectivity index (χ1v) is 39.4. The van der Waals surface area contributed by atoms with Crippen molar-refractivity contribution in [3.8, 4) is 0 Å². The fourth-order valence-corrected chi connectivity index (χ4v) is 21.3. The number of carbonyl (C=O) groups excluding carboxylic acids is 7. The van der Waals surface area contributed by atoms with Crippen molar-refractivity contribution in [1.82, 2.24) is 45.2 Å². The van der Waals surface area contributed by atoms with Crippen LogP contribution in [0.1, 0.15) is 114 Å². The number of anilines is 1. The molecule has 622 valence electrons. The Balaban J connectivity index is 0.000000500. The van der Waals surface area contributed by atoms with E-state index in [9.17, 15) is 102 Å². The molecule has 11 heterocycles. The number of aliphatic carboxylic acids is 3. The van der Waals surface area contributed by atoms with Gasteiger partial charge in [0.25, 0.3) is 10.2 Å². The summed E-state index contributed by atoms with van der Waals surface area (Å²) in [5, 5.41) is 96.4. The summed E-state index contributed by atoms with van der Waals surface area (Å²) in [6.45, 7) is 16.9. The maximum Gasteiger partial charge on any atom is 1.00 e. The zero-order chi connectivity index (χ0) is 77.3. The number of thioether (sulfide) groups is 3. The van der Waals surface area contributed by atoms with Crippen LogP contribution in [0.5, 0.6) is 0 Å². The number of carboxylic acids is 4. The number of nitrogens with one attached hydrogen (secondary N) is 5. The van der Waals surface area contributed by atoms with Crippen molar-refractivity contribution in [2.75, 3.05) is 45.6 Å². The van der Waals surface area contributed by atoms with Crippen LogP contribution in [-0.4, -0.2) is 261 Å². The van der Waals surface area contributed by atoms with E-state index in [1.165, 1.54) is 86.9 Å². The van der Waals surface area contributed by atoms with Crippen LogP contribution in [0, 0.1) is 123 Å². The maximum absolute atomic E-state index is 12.7. The van der Waals surface area contributed by atoms with Crippen LogP contribution >= 0.6 is 67.1 Å². The normalized spacial score (nSPS) is 30.7. The van der Waals surface area contributed by atoms with Gasteiger partial charge in [-0.15, -0.1) is 59.3 Å². The number of carbonyl (C=O) groups is 10. The minimum Gasteiger partial charge on any atom is -0.545 e. The molecule has 12 rings (SSSR count). The van der Waals surface area contributed by atoms with Gasteiger partial charge in [0, 0.05) is 182 Å². The van der Waals surface area contributed by atoms with Crippen molar-refractivity contribution in [2.24, 2.45) is 52.5 Å². The molecular weight excluding hydrogens is 1730 g/mol.